The molecule has 2 aromatic carbocycles. The van der Waals surface area contributed by atoms with Gasteiger partial charge in [0, 0.05) is 23.5 Å². The monoisotopic (exact) mass is 414 g/mol. The van der Waals surface area contributed by atoms with Crippen LogP contribution in [0.4, 0.5) is 0 Å². The minimum Gasteiger partial charge on any atom is -0.255 e. The maximum Gasteiger partial charge on any atom is 0.246 e. The summed E-state index contributed by atoms with van der Waals surface area (Å²) in [7, 11) is -7.42. The lowest BCUT2D eigenvalue weighted by Crippen LogP contribution is -2.40. The molecular formula is C20H18N2O4S2. The van der Waals surface area contributed by atoms with E-state index in [1.165, 1.54) is 16.4 Å². The standard InChI is InChI=1S/C20H18N2O4S2/c23-27(24)13-11-18(15-27)22(14-16-6-2-1-3-7-16)28(25,26)19-10-4-8-17-9-5-12-21-20(17)19/h1-13,18H,14-15H2/t18-/m1/s1. The number of sulfonamides is 1. The summed E-state index contributed by atoms with van der Waals surface area (Å²) >= 11 is 0. The largest absolute Gasteiger partial charge is 0.255 e. The van der Waals surface area contributed by atoms with Gasteiger partial charge >= 0.3 is 0 Å². The van der Waals surface area contributed by atoms with Gasteiger partial charge in [0.05, 0.1) is 17.3 Å². The van der Waals surface area contributed by atoms with Crippen LogP contribution in [-0.4, -0.2) is 37.9 Å². The second kappa shape index (κ2) is 7.12. The Morgan fingerprint density at radius 3 is 2.46 bits per heavy atom. The Morgan fingerprint density at radius 1 is 1.00 bits per heavy atom. The molecule has 0 saturated heterocycles. The number of hydrogen-bond donors (Lipinski definition) is 0. The fraction of sp³-hybridized carbons (Fsp3) is 0.150. The third kappa shape index (κ3) is 3.58. The van der Waals surface area contributed by atoms with E-state index in [2.05, 4.69) is 4.98 Å². The first-order chi connectivity index (χ1) is 13.4. The van der Waals surface area contributed by atoms with Crippen molar-refractivity contribution >= 4 is 30.8 Å². The predicted molar refractivity (Wildman–Crippen MR) is 108 cm³/mol. The number of rotatable bonds is 5. The van der Waals surface area contributed by atoms with Crippen molar-refractivity contribution in [2.45, 2.75) is 17.5 Å². The van der Waals surface area contributed by atoms with Gasteiger partial charge in [0.1, 0.15) is 4.90 Å². The van der Waals surface area contributed by atoms with Crippen LogP contribution in [0.1, 0.15) is 5.56 Å². The van der Waals surface area contributed by atoms with Crippen molar-refractivity contribution < 1.29 is 16.8 Å². The molecule has 0 N–H and O–H groups in total. The zero-order valence-corrected chi connectivity index (χ0v) is 16.5. The Morgan fingerprint density at radius 2 is 1.75 bits per heavy atom. The van der Waals surface area contributed by atoms with Crippen LogP contribution in [0.3, 0.4) is 0 Å². The van der Waals surface area contributed by atoms with Gasteiger partial charge in [-0.3, -0.25) is 4.98 Å². The lowest BCUT2D eigenvalue weighted by atomic mass is 10.2. The average molecular weight is 415 g/mol. The summed E-state index contributed by atoms with van der Waals surface area (Å²) < 4.78 is 52.4. The molecule has 0 bridgehead atoms. The highest BCUT2D eigenvalue weighted by molar-refractivity contribution is 7.94. The molecule has 2 heterocycles. The van der Waals surface area contributed by atoms with Crippen molar-refractivity contribution in [3.05, 3.63) is 83.9 Å². The average Bonchev–Trinajstić information content (AvgIpc) is 3.05. The van der Waals surface area contributed by atoms with Gasteiger partial charge in [-0.2, -0.15) is 4.31 Å². The third-order valence-electron chi connectivity index (χ3n) is 4.64. The Balaban J connectivity index is 1.84. The number of nitrogens with zero attached hydrogens (tertiary/aromatic N) is 2. The third-order valence-corrected chi connectivity index (χ3v) is 7.93. The molecule has 0 saturated carbocycles. The molecule has 3 aromatic rings. The van der Waals surface area contributed by atoms with E-state index < -0.39 is 25.9 Å². The van der Waals surface area contributed by atoms with E-state index in [0.717, 1.165) is 11.0 Å². The van der Waals surface area contributed by atoms with Gasteiger partial charge in [-0.15, -0.1) is 0 Å². The molecule has 0 amide bonds. The summed E-state index contributed by atoms with van der Waals surface area (Å²) in [6.45, 7) is 0.0664. The molecule has 1 aromatic heterocycles. The van der Waals surface area contributed by atoms with Gasteiger partial charge in [-0.1, -0.05) is 54.6 Å². The van der Waals surface area contributed by atoms with Crippen molar-refractivity contribution in [1.29, 1.82) is 0 Å². The fourth-order valence-electron chi connectivity index (χ4n) is 3.29. The molecule has 144 valence electrons. The van der Waals surface area contributed by atoms with Crippen LogP contribution in [0.25, 0.3) is 10.9 Å². The molecule has 1 aliphatic rings. The summed E-state index contributed by atoms with van der Waals surface area (Å²) in [4.78, 5) is 4.32. The first-order valence-corrected chi connectivity index (χ1v) is 11.8. The van der Waals surface area contributed by atoms with Crippen molar-refractivity contribution in [1.82, 2.24) is 9.29 Å². The maximum absolute atomic E-state index is 13.6. The first-order valence-electron chi connectivity index (χ1n) is 8.67. The highest BCUT2D eigenvalue weighted by Gasteiger charge is 2.36. The smallest absolute Gasteiger partial charge is 0.246 e. The second-order valence-electron chi connectivity index (χ2n) is 6.59. The number of pyridine rings is 1. The van der Waals surface area contributed by atoms with Crippen LogP contribution in [0.15, 0.2) is 83.2 Å². The molecule has 0 aliphatic carbocycles. The van der Waals surface area contributed by atoms with Crippen molar-refractivity contribution in [3.8, 4) is 0 Å². The van der Waals surface area contributed by atoms with Gasteiger partial charge in [0.2, 0.25) is 10.0 Å². The zero-order chi connectivity index (χ0) is 19.8. The summed E-state index contributed by atoms with van der Waals surface area (Å²) in [5.41, 5.74) is 1.14. The minimum atomic E-state index is -4.00. The summed E-state index contributed by atoms with van der Waals surface area (Å²) in [6, 6.07) is 16.9. The maximum atomic E-state index is 13.6. The van der Waals surface area contributed by atoms with Gasteiger partial charge in [-0.05, 0) is 17.7 Å². The molecule has 8 heteroatoms. The van der Waals surface area contributed by atoms with E-state index in [-0.39, 0.29) is 17.2 Å². The van der Waals surface area contributed by atoms with Crippen LogP contribution in [0.5, 0.6) is 0 Å². The molecule has 0 radical (unpaired) electrons. The van der Waals surface area contributed by atoms with Gasteiger partial charge in [0.15, 0.2) is 9.84 Å². The SMILES string of the molecule is O=S1(=O)C=C[C@@H](N(Cc2ccccc2)S(=O)(=O)c2cccc3cccnc23)C1. The minimum absolute atomic E-state index is 0.0664. The van der Waals surface area contributed by atoms with E-state index in [4.69, 9.17) is 0 Å². The van der Waals surface area contributed by atoms with E-state index in [0.29, 0.717) is 10.9 Å². The lowest BCUT2D eigenvalue weighted by Gasteiger charge is -2.27. The Hall–Kier alpha value is -2.55. The van der Waals surface area contributed by atoms with E-state index >= 15 is 0 Å². The fourth-order valence-corrected chi connectivity index (χ4v) is 6.42. The van der Waals surface area contributed by atoms with Crippen LogP contribution in [0, 0.1) is 0 Å². The first kappa shape index (κ1) is 18.8. The Bertz CT molecular complexity index is 1250. The molecular weight excluding hydrogens is 396 g/mol. The Kier molecular flexibility index (Phi) is 4.78. The molecule has 0 fully saturated rings. The van der Waals surface area contributed by atoms with Crippen molar-refractivity contribution in [2.24, 2.45) is 0 Å². The van der Waals surface area contributed by atoms with Crippen LogP contribution < -0.4 is 0 Å². The predicted octanol–water partition coefficient (Wildman–Crippen LogP) is 2.74. The summed E-state index contributed by atoms with van der Waals surface area (Å²) in [6.07, 6.45) is 2.98. The highest BCUT2D eigenvalue weighted by atomic mass is 32.2. The molecule has 6 nitrogen and oxygen atoms in total. The number of sulfone groups is 1. The van der Waals surface area contributed by atoms with Crippen molar-refractivity contribution in [2.75, 3.05) is 5.75 Å². The number of benzene rings is 2. The molecule has 28 heavy (non-hydrogen) atoms. The van der Waals surface area contributed by atoms with E-state index in [1.807, 2.05) is 30.3 Å². The number of aromatic nitrogens is 1. The van der Waals surface area contributed by atoms with E-state index in [1.54, 1.807) is 30.5 Å². The number of hydrogen-bond acceptors (Lipinski definition) is 5. The molecule has 0 spiro atoms. The lowest BCUT2D eigenvalue weighted by molar-refractivity contribution is 0.375. The number of fused-ring (bicyclic) bond motifs is 1. The molecule has 1 aliphatic heterocycles. The Labute approximate surface area is 164 Å². The zero-order valence-electron chi connectivity index (χ0n) is 14.8. The molecule has 4 rings (SSSR count). The second-order valence-corrected chi connectivity index (χ2v) is 10.4. The normalized spacial score (nSPS) is 18.7. The van der Waals surface area contributed by atoms with E-state index in [9.17, 15) is 16.8 Å². The topological polar surface area (TPSA) is 84.4 Å². The highest BCUT2D eigenvalue weighted by Crippen LogP contribution is 2.29. The molecule has 1 atom stereocenters. The van der Waals surface area contributed by atoms with Gasteiger partial charge < -0.3 is 0 Å². The quantitative estimate of drug-likeness (QED) is 0.641. The van der Waals surface area contributed by atoms with Gasteiger partial charge in [0.25, 0.3) is 0 Å². The van der Waals surface area contributed by atoms with Crippen molar-refractivity contribution in [3.63, 3.8) is 0 Å². The number of para-hydroxylation sites is 1. The van der Waals surface area contributed by atoms with Crippen LogP contribution in [-0.2, 0) is 26.4 Å². The van der Waals surface area contributed by atoms with Crippen LogP contribution >= 0.6 is 0 Å². The molecule has 0 unspecified atom stereocenters. The van der Waals surface area contributed by atoms with Crippen LogP contribution in [0.2, 0.25) is 0 Å². The van der Waals surface area contributed by atoms with Gasteiger partial charge in [-0.25, -0.2) is 16.8 Å². The summed E-state index contributed by atoms with van der Waals surface area (Å²) in [5, 5.41) is 1.80. The summed E-state index contributed by atoms with van der Waals surface area (Å²) in [5.74, 6) is -0.267.